The molecule has 2 aromatic carbocycles. The van der Waals surface area contributed by atoms with Gasteiger partial charge in [-0.25, -0.2) is 17.8 Å². The number of halogens is 4. The second kappa shape index (κ2) is 10.3. The van der Waals surface area contributed by atoms with Crippen molar-refractivity contribution in [2.45, 2.75) is 30.1 Å². The molecule has 2 aromatic heterocycles. The first-order valence-corrected chi connectivity index (χ1v) is 13.7. The summed E-state index contributed by atoms with van der Waals surface area (Å²) in [7, 11) is -3.93. The summed E-state index contributed by atoms with van der Waals surface area (Å²) in [6, 6.07) is 8.87. The Labute approximate surface area is 218 Å². The first-order chi connectivity index (χ1) is 18.2. The van der Waals surface area contributed by atoms with Crippen LogP contribution >= 0.6 is 11.3 Å². The van der Waals surface area contributed by atoms with Crippen molar-refractivity contribution < 1.29 is 35.5 Å². The molecular weight excluding hydrogens is 548 g/mol. The first-order valence-electron chi connectivity index (χ1n) is 11.3. The molecule has 5 rings (SSSR count). The summed E-state index contributed by atoms with van der Waals surface area (Å²) < 4.78 is 94.6. The van der Waals surface area contributed by atoms with Gasteiger partial charge in [-0.15, -0.1) is 11.3 Å². The van der Waals surface area contributed by atoms with Crippen molar-refractivity contribution in [1.29, 1.82) is 0 Å². The minimum absolute atomic E-state index is 0.0440. The number of fused-ring (bicyclic) bond motifs is 1. The van der Waals surface area contributed by atoms with Gasteiger partial charge in [0.05, 0.1) is 29.3 Å². The number of aromatic nitrogens is 3. The van der Waals surface area contributed by atoms with E-state index in [2.05, 4.69) is 14.8 Å². The van der Waals surface area contributed by atoms with E-state index in [1.165, 1.54) is 41.3 Å². The van der Waals surface area contributed by atoms with Gasteiger partial charge < -0.3 is 9.47 Å². The van der Waals surface area contributed by atoms with Gasteiger partial charge in [0.25, 0.3) is 10.0 Å². The zero-order valence-corrected chi connectivity index (χ0v) is 21.1. The van der Waals surface area contributed by atoms with Gasteiger partial charge in [0.1, 0.15) is 24.3 Å². The summed E-state index contributed by atoms with van der Waals surface area (Å²) in [5.41, 5.74) is 0.0202. The average Bonchev–Trinajstić information content (AvgIpc) is 3.56. The van der Waals surface area contributed by atoms with Gasteiger partial charge in [0.15, 0.2) is 5.13 Å². The number of sulfonamides is 1. The Kier molecular flexibility index (Phi) is 7.01. The molecule has 0 spiro atoms. The predicted octanol–water partition coefficient (Wildman–Crippen LogP) is 5.70. The third-order valence-corrected chi connectivity index (χ3v) is 7.95. The summed E-state index contributed by atoms with van der Waals surface area (Å²) in [5.74, 6) is 0.415. The van der Waals surface area contributed by atoms with E-state index in [0.717, 1.165) is 23.5 Å². The molecule has 14 heteroatoms. The van der Waals surface area contributed by atoms with Crippen LogP contribution in [0.5, 0.6) is 11.5 Å². The molecule has 0 amide bonds. The molecule has 1 aliphatic rings. The van der Waals surface area contributed by atoms with Gasteiger partial charge in [-0.2, -0.15) is 18.3 Å². The summed E-state index contributed by atoms with van der Waals surface area (Å²) in [4.78, 5) is 3.88. The van der Waals surface area contributed by atoms with Crippen LogP contribution in [0.25, 0.3) is 11.3 Å². The van der Waals surface area contributed by atoms with Crippen molar-refractivity contribution in [2.75, 3.05) is 18.0 Å². The molecule has 200 valence electrons. The minimum atomic E-state index is -4.60. The number of hydrogen-bond donors (Lipinski definition) is 1. The lowest BCUT2D eigenvalue weighted by Crippen LogP contribution is -2.20. The average molecular weight is 569 g/mol. The molecule has 1 unspecified atom stereocenters. The lowest BCUT2D eigenvalue weighted by molar-refractivity contribution is -0.137. The van der Waals surface area contributed by atoms with Crippen LogP contribution in [0.3, 0.4) is 0 Å². The highest BCUT2D eigenvalue weighted by Crippen LogP contribution is 2.42. The van der Waals surface area contributed by atoms with Gasteiger partial charge >= 0.3 is 6.18 Å². The minimum Gasteiger partial charge on any atom is -0.493 e. The maximum absolute atomic E-state index is 13.5. The Morgan fingerprint density at radius 1 is 1.16 bits per heavy atom. The van der Waals surface area contributed by atoms with Crippen LogP contribution in [0.1, 0.15) is 23.7 Å². The summed E-state index contributed by atoms with van der Waals surface area (Å²) >= 11 is 1.13. The van der Waals surface area contributed by atoms with Crippen molar-refractivity contribution in [3.63, 3.8) is 0 Å². The largest absolute Gasteiger partial charge is 0.493 e. The molecule has 0 aliphatic carbocycles. The van der Waals surface area contributed by atoms with E-state index in [1.54, 1.807) is 11.4 Å². The normalized spacial score (nSPS) is 15.5. The third-order valence-electron chi connectivity index (χ3n) is 5.80. The lowest BCUT2D eigenvalue weighted by atomic mass is 10.0. The molecule has 0 saturated heterocycles. The highest BCUT2D eigenvalue weighted by atomic mass is 32.2. The number of nitrogens with zero attached hydrogens (tertiary/aromatic N) is 3. The highest BCUT2D eigenvalue weighted by Gasteiger charge is 2.33. The number of aryl methyl sites for hydroxylation is 1. The number of rotatable bonds is 8. The van der Waals surface area contributed by atoms with E-state index in [9.17, 15) is 26.0 Å². The van der Waals surface area contributed by atoms with Crippen LogP contribution < -0.4 is 14.2 Å². The Hall–Kier alpha value is -3.65. The summed E-state index contributed by atoms with van der Waals surface area (Å²) in [6.45, 7) is -0.693. The fourth-order valence-corrected chi connectivity index (χ4v) is 5.86. The van der Waals surface area contributed by atoms with Gasteiger partial charge in [-0.05, 0) is 30.3 Å². The standard InChI is InChI=1S/C24H20F4N4O4S2/c25-7-10-32-19(5-8-30-32)18-13-15(24(26,27)28)1-4-20(18)36-21-6-11-35-22-14-16(2-3-17(21)22)38(33,34)31-23-29-9-12-37-23/h1-5,8-9,12-14,21H,6-7,10-11H2,(H,29,31). The Bertz CT molecular complexity index is 1540. The molecule has 1 atom stereocenters. The molecule has 0 saturated carbocycles. The SMILES string of the molecule is O=S(=O)(Nc1nccs1)c1ccc2c(c1)OCCC2Oc1ccc(C(F)(F)F)cc1-c1ccnn1CCF. The van der Waals surface area contributed by atoms with Crippen molar-refractivity contribution >= 4 is 26.5 Å². The van der Waals surface area contributed by atoms with Crippen LogP contribution in [0.15, 0.2) is 65.1 Å². The van der Waals surface area contributed by atoms with Crippen molar-refractivity contribution in [1.82, 2.24) is 14.8 Å². The summed E-state index contributed by atoms with van der Waals surface area (Å²) in [6.07, 6.45) is -2.03. The Morgan fingerprint density at radius 3 is 2.74 bits per heavy atom. The van der Waals surface area contributed by atoms with Crippen LogP contribution in [0, 0.1) is 0 Å². The van der Waals surface area contributed by atoms with Crippen molar-refractivity contribution in [3.05, 3.63) is 71.4 Å². The molecule has 38 heavy (non-hydrogen) atoms. The topological polar surface area (TPSA) is 95.3 Å². The van der Waals surface area contributed by atoms with Crippen LogP contribution in [-0.2, 0) is 22.7 Å². The number of anilines is 1. The summed E-state index contributed by atoms with van der Waals surface area (Å²) in [5, 5.41) is 5.86. The molecule has 1 aliphatic heterocycles. The van der Waals surface area contributed by atoms with Gasteiger partial charge in [-0.3, -0.25) is 9.40 Å². The number of thiazole rings is 1. The zero-order valence-electron chi connectivity index (χ0n) is 19.5. The molecule has 8 nitrogen and oxygen atoms in total. The molecule has 4 aromatic rings. The molecule has 1 N–H and O–H groups in total. The van der Waals surface area contributed by atoms with Gasteiger partial charge in [-0.1, -0.05) is 6.07 Å². The smallest absolute Gasteiger partial charge is 0.416 e. The number of benzene rings is 2. The molecule has 0 radical (unpaired) electrons. The molecule has 3 heterocycles. The third kappa shape index (κ3) is 5.31. The maximum atomic E-state index is 13.5. The van der Waals surface area contributed by atoms with Crippen LogP contribution in [0.2, 0.25) is 0 Å². The van der Waals surface area contributed by atoms with E-state index >= 15 is 0 Å². The lowest BCUT2D eigenvalue weighted by Gasteiger charge is -2.28. The second-order valence-electron chi connectivity index (χ2n) is 8.22. The van der Waals surface area contributed by atoms with Gasteiger partial charge in [0.2, 0.25) is 0 Å². The number of nitrogens with one attached hydrogen (secondary N) is 1. The van der Waals surface area contributed by atoms with E-state index in [-0.39, 0.29) is 45.9 Å². The highest BCUT2D eigenvalue weighted by molar-refractivity contribution is 7.93. The predicted molar refractivity (Wildman–Crippen MR) is 131 cm³/mol. The quantitative estimate of drug-likeness (QED) is 0.274. The molecule has 0 fully saturated rings. The Morgan fingerprint density at radius 2 is 2.00 bits per heavy atom. The molecule has 0 bridgehead atoms. The molecular formula is C24H20F4N4O4S2. The van der Waals surface area contributed by atoms with E-state index in [1.807, 2.05) is 0 Å². The van der Waals surface area contributed by atoms with E-state index in [4.69, 9.17) is 9.47 Å². The number of hydrogen-bond acceptors (Lipinski definition) is 7. The second-order valence-corrected chi connectivity index (χ2v) is 10.8. The van der Waals surface area contributed by atoms with Crippen LogP contribution in [-0.4, -0.2) is 36.5 Å². The number of alkyl halides is 4. The van der Waals surface area contributed by atoms with E-state index in [0.29, 0.717) is 12.0 Å². The van der Waals surface area contributed by atoms with Crippen LogP contribution in [0.4, 0.5) is 22.7 Å². The van der Waals surface area contributed by atoms with Crippen molar-refractivity contribution in [2.24, 2.45) is 0 Å². The zero-order chi connectivity index (χ0) is 26.9. The Balaban J connectivity index is 1.48. The maximum Gasteiger partial charge on any atom is 0.416 e. The number of ether oxygens (including phenoxy) is 2. The first kappa shape index (κ1) is 26.0. The monoisotopic (exact) mass is 568 g/mol. The van der Waals surface area contributed by atoms with Crippen molar-refractivity contribution in [3.8, 4) is 22.8 Å². The van der Waals surface area contributed by atoms with Gasteiger partial charge in [0, 0.05) is 41.4 Å². The fraction of sp³-hybridized carbons (Fsp3) is 0.250. The van der Waals surface area contributed by atoms with E-state index < -0.39 is 34.5 Å². The fourth-order valence-electron chi connectivity index (χ4n) is 4.06.